The molecule has 2 rings (SSSR count). The Kier molecular flexibility index (Phi) is 2.66. The summed E-state index contributed by atoms with van der Waals surface area (Å²) in [5, 5.41) is 18.4. The zero-order valence-corrected chi connectivity index (χ0v) is 8.46. The zero-order valence-electron chi connectivity index (χ0n) is 7.64. The lowest BCUT2D eigenvalue weighted by molar-refractivity contribution is 0.285. The summed E-state index contributed by atoms with van der Waals surface area (Å²) < 4.78 is 13.4. The van der Waals surface area contributed by atoms with Crippen LogP contribution >= 0.6 is 11.3 Å². The van der Waals surface area contributed by atoms with Gasteiger partial charge in [0.25, 0.3) is 0 Å². The number of aromatic nitrogens is 1. The lowest BCUT2D eigenvalue weighted by Crippen LogP contribution is -1.81. The maximum absolute atomic E-state index is 13.4. The van der Waals surface area contributed by atoms with E-state index in [0.29, 0.717) is 15.4 Å². The van der Waals surface area contributed by atoms with Gasteiger partial charge in [0.1, 0.15) is 16.6 Å². The number of benzene rings is 1. The van der Waals surface area contributed by atoms with Crippen LogP contribution in [0.3, 0.4) is 0 Å². The molecular formula is C10H8FNO2S. The lowest BCUT2D eigenvalue weighted by atomic mass is 10.2. The van der Waals surface area contributed by atoms with Crippen molar-refractivity contribution in [1.29, 1.82) is 0 Å². The number of rotatable bonds is 2. The zero-order chi connectivity index (χ0) is 10.8. The monoisotopic (exact) mass is 225 g/mol. The normalized spacial score (nSPS) is 10.5. The molecule has 0 unspecified atom stereocenters. The number of phenolic OH excluding ortho intramolecular Hbond substituents is 1. The van der Waals surface area contributed by atoms with Crippen LogP contribution in [0.5, 0.6) is 5.75 Å². The second-order valence-corrected chi connectivity index (χ2v) is 4.07. The number of thiazole rings is 1. The third-order valence-corrected chi connectivity index (χ3v) is 2.91. The molecule has 1 aromatic heterocycles. The number of nitrogens with zero attached hydrogens (tertiary/aromatic N) is 1. The first-order valence-corrected chi connectivity index (χ1v) is 5.07. The summed E-state index contributed by atoms with van der Waals surface area (Å²) in [6.45, 7) is -0.0998. The van der Waals surface area contributed by atoms with E-state index in [4.69, 9.17) is 10.2 Å². The average molecular weight is 225 g/mol. The second-order valence-electron chi connectivity index (χ2n) is 2.95. The third kappa shape index (κ3) is 1.98. The standard InChI is InChI=1S/C10H8FNO2S/c11-9-3-6(14)1-2-8(9)10-12-4-7(5-13)15-10/h1-4,13-14H,5H2. The summed E-state index contributed by atoms with van der Waals surface area (Å²) in [5.74, 6) is -0.635. The highest BCUT2D eigenvalue weighted by Gasteiger charge is 2.09. The van der Waals surface area contributed by atoms with Crippen molar-refractivity contribution in [3.05, 3.63) is 35.1 Å². The van der Waals surface area contributed by atoms with Gasteiger partial charge in [-0.05, 0) is 12.1 Å². The maximum Gasteiger partial charge on any atom is 0.137 e. The minimum atomic E-state index is -0.520. The molecule has 15 heavy (non-hydrogen) atoms. The number of aliphatic hydroxyl groups is 1. The summed E-state index contributed by atoms with van der Waals surface area (Å²) in [7, 11) is 0. The molecule has 0 bridgehead atoms. The molecule has 0 spiro atoms. The summed E-state index contributed by atoms with van der Waals surface area (Å²) in [5.41, 5.74) is 0.331. The molecule has 1 heterocycles. The third-order valence-electron chi connectivity index (χ3n) is 1.89. The number of hydrogen-bond acceptors (Lipinski definition) is 4. The number of aliphatic hydroxyl groups excluding tert-OH is 1. The minimum Gasteiger partial charge on any atom is -0.508 e. The van der Waals surface area contributed by atoms with E-state index in [1.165, 1.54) is 29.7 Å². The number of halogens is 1. The summed E-state index contributed by atoms with van der Waals surface area (Å²) in [4.78, 5) is 4.66. The summed E-state index contributed by atoms with van der Waals surface area (Å²) in [6.07, 6.45) is 1.51. The van der Waals surface area contributed by atoms with Gasteiger partial charge in [0, 0.05) is 17.8 Å². The van der Waals surface area contributed by atoms with Gasteiger partial charge in [-0.15, -0.1) is 11.3 Å². The van der Waals surface area contributed by atoms with Crippen LogP contribution in [-0.2, 0) is 6.61 Å². The van der Waals surface area contributed by atoms with Crippen molar-refractivity contribution in [3.63, 3.8) is 0 Å². The fourth-order valence-corrected chi connectivity index (χ4v) is 1.98. The van der Waals surface area contributed by atoms with Crippen LogP contribution in [0.2, 0.25) is 0 Å². The Hall–Kier alpha value is -1.46. The number of aromatic hydroxyl groups is 1. The van der Waals surface area contributed by atoms with E-state index in [2.05, 4.69) is 4.98 Å². The highest BCUT2D eigenvalue weighted by Crippen LogP contribution is 2.29. The Morgan fingerprint density at radius 3 is 2.80 bits per heavy atom. The van der Waals surface area contributed by atoms with Gasteiger partial charge < -0.3 is 10.2 Å². The fraction of sp³-hybridized carbons (Fsp3) is 0.100. The van der Waals surface area contributed by atoms with Crippen molar-refractivity contribution < 1.29 is 14.6 Å². The Morgan fingerprint density at radius 2 is 2.20 bits per heavy atom. The molecule has 0 atom stereocenters. The Labute approximate surface area is 89.5 Å². The fourth-order valence-electron chi connectivity index (χ4n) is 1.18. The molecule has 0 fully saturated rings. The molecule has 0 aliphatic heterocycles. The molecule has 0 aliphatic rings. The van der Waals surface area contributed by atoms with Crippen molar-refractivity contribution in [2.75, 3.05) is 0 Å². The number of phenols is 1. The van der Waals surface area contributed by atoms with E-state index in [1.54, 1.807) is 0 Å². The number of hydrogen-bond donors (Lipinski definition) is 2. The molecule has 3 nitrogen and oxygen atoms in total. The first kappa shape index (κ1) is 10.1. The van der Waals surface area contributed by atoms with Gasteiger partial charge in [0.15, 0.2) is 0 Å². The first-order chi connectivity index (χ1) is 7.20. The van der Waals surface area contributed by atoms with Crippen LogP contribution in [-0.4, -0.2) is 15.2 Å². The van der Waals surface area contributed by atoms with Crippen molar-refractivity contribution >= 4 is 11.3 Å². The van der Waals surface area contributed by atoms with Gasteiger partial charge in [0.05, 0.1) is 11.5 Å². The van der Waals surface area contributed by atoms with E-state index in [1.807, 2.05) is 0 Å². The maximum atomic E-state index is 13.4. The highest BCUT2D eigenvalue weighted by molar-refractivity contribution is 7.15. The second kappa shape index (κ2) is 3.96. The van der Waals surface area contributed by atoms with Gasteiger partial charge in [0.2, 0.25) is 0 Å². The quantitative estimate of drug-likeness (QED) is 0.823. The van der Waals surface area contributed by atoms with Crippen molar-refractivity contribution in [2.24, 2.45) is 0 Å². The summed E-state index contributed by atoms with van der Waals surface area (Å²) >= 11 is 1.22. The Balaban J connectivity index is 2.44. The Morgan fingerprint density at radius 1 is 1.40 bits per heavy atom. The molecule has 0 saturated carbocycles. The van der Waals surface area contributed by atoms with Crippen LogP contribution in [0, 0.1) is 5.82 Å². The molecule has 78 valence electrons. The summed E-state index contributed by atoms with van der Waals surface area (Å²) in [6, 6.07) is 3.90. The van der Waals surface area contributed by atoms with Crippen molar-refractivity contribution in [2.45, 2.75) is 6.61 Å². The molecule has 0 aliphatic carbocycles. The van der Waals surface area contributed by atoms with Gasteiger partial charge in [-0.25, -0.2) is 9.37 Å². The van der Waals surface area contributed by atoms with Gasteiger partial charge >= 0.3 is 0 Å². The van der Waals surface area contributed by atoms with Crippen LogP contribution in [0.15, 0.2) is 24.4 Å². The molecule has 0 radical (unpaired) electrons. The largest absolute Gasteiger partial charge is 0.508 e. The molecular weight excluding hydrogens is 217 g/mol. The lowest BCUT2D eigenvalue weighted by Gasteiger charge is -1.98. The molecule has 1 aromatic carbocycles. The van der Waals surface area contributed by atoms with Crippen molar-refractivity contribution in [1.82, 2.24) is 4.98 Å². The van der Waals surface area contributed by atoms with Gasteiger partial charge in [-0.1, -0.05) is 0 Å². The topological polar surface area (TPSA) is 53.4 Å². The van der Waals surface area contributed by atoms with Crippen molar-refractivity contribution in [3.8, 4) is 16.3 Å². The highest BCUT2D eigenvalue weighted by atomic mass is 32.1. The molecule has 2 aromatic rings. The smallest absolute Gasteiger partial charge is 0.137 e. The molecule has 0 amide bonds. The minimum absolute atomic E-state index is 0.0998. The van der Waals surface area contributed by atoms with Crippen LogP contribution in [0.1, 0.15) is 4.88 Å². The van der Waals surface area contributed by atoms with Gasteiger partial charge in [-0.2, -0.15) is 0 Å². The van der Waals surface area contributed by atoms with E-state index < -0.39 is 5.82 Å². The molecule has 0 saturated heterocycles. The van der Waals surface area contributed by atoms with Gasteiger partial charge in [-0.3, -0.25) is 0 Å². The average Bonchev–Trinajstić information content (AvgIpc) is 2.66. The van der Waals surface area contributed by atoms with Crippen LogP contribution in [0.4, 0.5) is 4.39 Å². The molecule has 5 heteroatoms. The predicted octanol–water partition coefficient (Wildman–Crippen LogP) is 2.15. The SMILES string of the molecule is OCc1cnc(-c2ccc(O)cc2F)s1. The van der Waals surface area contributed by atoms with E-state index >= 15 is 0 Å². The van der Waals surface area contributed by atoms with Crippen LogP contribution in [0.25, 0.3) is 10.6 Å². The van der Waals surface area contributed by atoms with E-state index in [-0.39, 0.29) is 12.4 Å². The molecule has 2 N–H and O–H groups in total. The van der Waals surface area contributed by atoms with Crippen LogP contribution < -0.4 is 0 Å². The predicted molar refractivity (Wildman–Crippen MR) is 55.1 cm³/mol. The van der Waals surface area contributed by atoms with E-state index in [9.17, 15) is 4.39 Å². The first-order valence-electron chi connectivity index (χ1n) is 4.25. The van der Waals surface area contributed by atoms with E-state index in [0.717, 1.165) is 6.07 Å². The Bertz CT molecular complexity index is 484.